The number of rotatable bonds is 7. The van der Waals surface area contributed by atoms with Crippen molar-refractivity contribution in [2.75, 3.05) is 19.7 Å². The lowest BCUT2D eigenvalue weighted by molar-refractivity contribution is 0.254. The zero-order valence-electron chi connectivity index (χ0n) is 16.0. The Balaban J connectivity index is 1.31. The molecule has 146 valence electrons. The minimum absolute atomic E-state index is 0.541. The molecule has 3 aromatic carbocycles. The van der Waals surface area contributed by atoms with Crippen molar-refractivity contribution in [1.29, 1.82) is 0 Å². The van der Waals surface area contributed by atoms with E-state index in [1.54, 1.807) is 0 Å². The zero-order chi connectivity index (χ0) is 19.2. The Morgan fingerprint density at radius 3 is 2.54 bits per heavy atom. The van der Waals surface area contributed by atoms with Crippen LogP contribution in [0.2, 0.25) is 0 Å². The van der Waals surface area contributed by atoms with Gasteiger partial charge in [0.1, 0.15) is 18.1 Å². The largest absolute Gasteiger partial charge is 0.494 e. The van der Waals surface area contributed by atoms with E-state index in [1.807, 2.05) is 36.4 Å². The number of benzene rings is 3. The third kappa shape index (κ3) is 4.86. The van der Waals surface area contributed by atoms with Gasteiger partial charge in [-0.3, -0.25) is 0 Å². The quantitative estimate of drug-likeness (QED) is 0.493. The number of ether oxygens (including phenoxy) is 2. The highest BCUT2D eigenvalue weighted by Crippen LogP contribution is 2.32. The molecule has 0 saturated carbocycles. The summed E-state index contributed by atoms with van der Waals surface area (Å²) in [5, 5.41) is 5.74. The Morgan fingerprint density at radius 2 is 1.75 bits per heavy atom. The standard InChI is InChI=1S/C24H26BrNO2/c25-23-11-12-24(22-6-2-1-5-21(22)23)28-17-19-7-9-20(10-8-19)27-15-13-18-4-3-14-26-16-18/h1-2,5-12,18,26H,3-4,13-17H2. The SMILES string of the molecule is Brc1ccc(OCc2ccc(OCCC3CCCNC3)cc2)c2ccccc12. The number of nitrogens with one attached hydrogen (secondary N) is 1. The summed E-state index contributed by atoms with van der Waals surface area (Å²) in [7, 11) is 0. The normalized spacial score (nSPS) is 16.8. The summed E-state index contributed by atoms with van der Waals surface area (Å²) in [6.07, 6.45) is 3.72. The molecule has 3 nitrogen and oxygen atoms in total. The Morgan fingerprint density at radius 1 is 0.929 bits per heavy atom. The number of fused-ring (bicyclic) bond motifs is 1. The van der Waals surface area contributed by atoms with Crippen LogP contribution in [0.15, 0.2) is 65.1 Å². The molecule has 0 aromatic heterocycles. The van der Waals surface area contributed by atoms with Gasteiger partial charge in [-0.05, 0) is 73.5 Å². The topological polar surface area (TPSA) is 30.5 Å². The van der Waals surface area contributed by atoms with Crippen molar-refractivity contribution in [3.8, 4) is 11.5 Å². The summed E-state index contributed by atoms with van der Waals surface area (Å²) in [5.74, 6) is 2.59. The molecule has 1 N–H and O–H groups in total. The molecular formula is C24H26BrNO2. The highest BCUT2D eigenvalue weighted by Gasteiger charge is 2.12. The van der Waals surface area contributed by atoms with E-state index in [0.717, 1.165) is 64.3 Å². The van der Waals surface area contributed by atoms with E-state index in [1.165, 1.54) is 12.8 Å². The zero-order valence-corrected chi connectivity index (χ0v) is 17.6. The first kappa shape index (κ1) is 19.3. The number of halogens is 1. The summed E-state index contributed by atoms with van der Waals surface area (Å²) in [4.78, 5) is 0. The van der Waals surface area contributed by atoms with Gasteiger partial charge in [0, 0.05) is 9.86 Å². The average Bonchev–Trinajstić information content (AvgIpc) is 2.75. The maximum absolute atomic E-state index is 6.09. The van der Waals surface area contributed by atoms with Crippen LogP contribution in [-0.4, -0.2) is 19.7 Å². The third-order valence-corrected chi connectivity index (χ3v) is 6.03. The smallest absolute Gasteiger partial charge is 0.127 e. The Bertz CT molecular complexity index is 904. The van der Waals surface area contributed by atoms with Crippen molar-refractivity contribution in [1.82, 2.24) is 5.32 Å². The van der Waals surface area contributed by atoms with Gasteiger partial charge in [-0.1, -0.05) is 52.3 Å². The van der Waals surface area contributed by atoms with E-state index in [0.29, 0.717) is 6.61 Å². The van der Waals surface area contributed by atoms with Crippen LogP contribution in [0.4, 0.5) is 0 Å². The van der Waals surface area contributed by atoms with Crippen LogP contribution in [0.1, 0.15) is 24.8 Å². The van der Waals surface area contributed by atoms with E-state index >= 15 is 0 Å². The van der Waals surface area contributed by atoms with Crippen molar-refractivity contribution in [2.45, 2.75) is 25.9 Å². The summed E-state index contributed by atoms with van der Waals surface area (Å²) in [6, 6.07) is 20.6. The van der Waals surface area contributed by atoms with Gasteiger partial charge in [0.25, 0.3) is 0 Å². The predicted molar refractivity (Wildman–Crippen MR) is 118 cm³/mol. The van der Waals surface area contributed by atoms with Crippen molar-refractivity contribution < 1.29 is 9.47 Å². The summed E-state index contributed by atoms with van der Waals surface area (Å²) in [5.41, 5.74) is 1.14. The number of piperidine rings is 1. The molecule has 1 unspecified atom stereocenters. The van der Waals surface area contributed by atoms with E-state index < -0.39 is 0 Å². The lowest BCUT2D eigenvalue weighted by Gasteiger charge is -2.22. The lowest BCUT2D eigenvalue weighted by atomic mass is 9.97. The second-order valence-corrected chi connectivity index (χ2v) is 8.23. The number of hydrogen-bond acceptors (Lipinski definition) is 3. The maximum Gasteiger partial charge on any atom is 0.127 e. The second kappa shape index (κ2) is 9.44. The molecule has 28 heavy (non-hydrogen) atoms. The van der Waals surface area contributed by atoms with Crippen molar-refractivity contribution in [3.63, 3.8) is 0 Å². The van der Waals surface area contributed by atoms with Crippen LogP contribution in [0.25, 0.3) is 10.8 Å². The first-order chi connectivity index (χ1) is 13.8. The van der Waals surface area contributed by atoms with Crippen molar-refractivity contribution >= 4 is 26.7 Å². The first-order valence-electron chi connectivity index (χ1n) is 10.0. The van der Waals surface area contributed by atoms with E-state index in [4.69, 9.17) is 9.47 Å². The highest BCUT2D eigenvalue weighted by atomic mass is 79.9. The van der Waals surface area contributed by atoms with Gasteiger partial charge >= 0.3 is 0 Å². The van der Waals surface area contributed by atoms with Crippen LogP contribution in [0.5, 0.6) is 11.5 Å². The number of hydrogen-bond donors (Lipinski definition) is 1. The van der Waals surface area contributed by atoms with E-state index in [9.17, 15) is 0 Å². The molecule has 0 spiro atoms. The molecule has 4 rings (SSSR count). The van der Waals surface area contributed by atoms with Gasteiger partial charge < -0.3 is 14.8 Å². The van der Waals surface area contributed by atoms with Crippen LogP contribution in [0, 0.1) is 5.92 Å². The molecule has 1 saturated heterocycles. The van der Waals surface area contributed by atoms with Gasteiger partial charge in [0.2, 0.25) is 0 Å². The first-order valence-corrected chi connectivity index (χ1v) is 10.8. The fraction of sp³-hybridized carbons (Fsp3) is 0.333. The van der Waals surface area contributed by atoms with Crippen molar-refractivity contribution in [3.05, 3.63) is 70.7 Å². The fourth-order valence-electron chi connectivity index (χ4n) is 3.72. The predicted octanol–water partition coefficient (Wildman–Crippen LogP) is 5.95. The molecular weight excluding hydrogens is 414 g/mol. The molecule has 1 aliphatic heterocycles. The molecule has 0 radical (unpaired) electrons. The van der Waals surface area contributed by atoms with E-state index in [-0.39, 0.29) is 0 Å². The molecule has 0 aliphatic carbocycles. The Hall–Kier alpha value is -2.04. The Kier molecular flexibility index (Phi) is 6.50. The van der Waals surface area contributed by atoms with Crippen LogP contribution in [-0.2, 0) is 6.61 Å². The highest BCUT2D eigenvalue weighted by molar-refractivity contribution is 9.10. The van der Waals surface area contributed by atoms with E-state index in [2.05, 4.69) is 45.5 Å². The molecule has 0 amide bonds. The summed E-state index contributed by atoms with van der Waals surface area (Å²) in [6.45, 7) is 3.62. The third-order valence-electron chi connectivity index (χ3n) is 5.34. The molecule has 1 aliphatic rings. The van der Waals surface area contributed by atoms with Crippen molar-refractivity contribution in [2.24, 2.45) is 5.92 Å². The second-order valence-electron chi connectivity index (χ2n) is 7.37. The maximum atomic E-state index is 6.09. The van der Waals surface area contributed by atoms with Gasteiger partial charge in [0.15, 0.2) is 0 Å². The van der Waals surface area contributed by atoms with Gasteiger partial charge in [-0.25, -0.2) is 0 Å². The van der Waals surface area contributed by atoms with Gasteiger partial charge in [-0.15, -0.1) is 0 Å². The molecule has 1 heterocycles. The molecule has 0 bridgehead atoms. The monoisotopic (exact) mass is 439 g/mol. The van der Waals surface area contributed by atoms with Crippen LogP contribution in [0.3, 0.4) is 0 Å². The summed E-state index contributed by atoms with van der Waals surface area (Å²) >= 11 is 3.61. The fourth-order valence-corrected chi connectivity index (χ4v) is 4.20. The lowest BCUT2D eigenvalue weighted by Crippen LogP contribution is -2.30. The van der Waals surface area contributed by atoms with Crippen LogP contribution < -0.4 is 14.8 Å². The van der Waals surface area contributed by atoms with Gasteiger partial charge in [0.05, 0.1) is 6.61 Å². The summed E-state index contributed by atoms with van der Waals surface area (Å²) < 4.78 is 13.1. The molecule has 1 atom stereocenters. The Labute approximate surface area is 175 Å². The minimum Gasteiger partial charge on any atom is -0.494 e. The van der Waals surface area contributed by atoms with Gasteiger partial charge in [-0.2, -0.15) is 0 Å². The molecule has 1 fully saturated rings. The average molecular weight is 440 g/mol. The molecule has 4 heteroatoms. The minimum atomic E-state index is 0.541. The molecule has 3 aromatic rings. The van der Waals surface area contributed by atoms with Crippen LogP contribution >= 0.6 is 15.9 Å².